The van der Waals surface area contributed by atoms with E-state index in [4.69, 9.17) is 11.2 Å². The molecule has 1 amide bonds. The van der Waals surface area contributed by atoms with E-state index in [9.17, 15) is 9.59 Å². The molecule has 1 saturated heterocycles. The van der Waals surface area contributed by atoms with E-state index in [2.05, 4.69) is 5.92 Å². The molecule has 1 rings (SSSR count). The predicted octanol–water partition coefficient (Wildman–Crippen LogP) is 1.59. The van der Waals surface area contributed by atoms with Crippen molar-refractivity contribution in [3.63, 3.8) is 0 Å². The zero-order valence-corrected chi connectivity index (χ0v) is 9.95. The zero-order valence-electron chi connectivity index (χ0n) is 9.95. The van der Waals surface area contributed by atoms with E-state index in [0.717, 1.165) is 6.42 Å². The third-order valence-electron chi connectivity index (χ3n) is 2.33. The molecule has 1 aliphatic heterocycles. The third-order valence-corrected chi connectivity index (χ3v) is 2.33. The van der Waals surface area contributed by atoms with Gasteiger partial charge in [0.15, 0.2) is 0 Å². The van der Waals surface area contributed by atoms with Crippen LogP contribution in [0.4, 0.5) is 4.79 Å². The first-order chi connectivity index (χ1) is 7.35. The molecule has 0 aromatic heterocycles. The molecule has 0 bridgehead atoms. The Bertz CT molecular complexity index is 335. The van der Waals surface area contributed by atoms with Crippen molar-refractivity contribution in [2.24, 2.45) is 0 Å². The minimum Gasteiger partial charge on any atom is -0.444 e. The highest BCUT2D eigenvalue weighted by atomic mass is 16.6. The van der Waals surface area contributed by atoms with Crippen LogP contribution >= 0.6 is 0 Å². The number of hydrogen-bond donors (Lipinski definition) is 0. The van der Waals surface area contributed by atoms with Crippen LogP contribution in [-0.2, 0) is 9.53 Å². The van der Waals surface area contributed by atoms with Gasteiger partial charge in [-0.25, -0.2) is 4.79 Å². The first-order valence-corrected chi connectivity index (χ1v) is 5.35. The lowest BCUT2D eigenvalue weighted by molar-refractivity contribution is -0.117. The largest absolute Gasteiger partial charge is 0.444 e. The first kappa shape index (κ1) is 12.6. The number of amides is 1. The van der Waals surface area contributed by atoms with E-state index in [0.29, 0.717) is 13.0 Å². The van der Waals surface area contributed by atoms with Crippen molar-refractivity contribution in [1.29, 1.82) is 0 Å². The van der Waals surface area contributed by atoms with Crippen LogP contribution in [0, 0.1) is 12.3 Å². The average molecular weight is 223 g/mol. The fourth-order valence-corrected chi connectivity index (χ4v) is 1.67. The second kappa shape index (κ2) is 4.56. The number of Topliss-reactive ketones (excluding diaryl/α,β-unsaturated/α-hetero) is 1. The van der Waals surface area contributed by atoms with Gasteiger partial charge in [-0.15, -0.1) is 6.42 Å². The highest BCUT2D eigenvalue weighted by Crippen LogP contribution is 2.21. The van der Waals surface area contributed by atoms with Crippen LogP contribution in [-0.4, -0.2) is 35.0 Å². The van der Waals surface area contributed by atoms with Gasteiger partial charge in [0.1, 0.15) is 11.6 Å². The summed E-state index contributed by atoms with van der Waals surface area (Å²) in [6.07, 6.45) is 6.02. The number of rotatable bonds is 1. The Kier molecular flexibility index (Phi) is 3.58. The molecule has 1 atom stereocenters. The number of carbonyl (C=O) groups excluding carboxylic acids is 2. The number of terminal acetylenes is 1. The molecule has 88 valence electrons. The van der Waals surface area contributed by atoms with Crippen LogP contribution < -0.4 is 0 Å². The number of ether oxygens (including phenoxy) is 1. The lowest BCUT2D eigenvalue weighted by Gasteiger charge is -2.27. The Labute approximate surface area is 95.9 Å². The number of ketones is 1. The summed E-state index contributed by atoms with van der Waals surface area (Å²) in [5.74, 6) is 1.72. The van der Waals surface area contributed by atoms with Crippen LogP contribution in [0.3, 0.4) is 0 Å². The van der Waals surface area contributed by atoms with Crippen molar-refractivity contribution in [1.82, 2.24) is 4.90 Å². The van der Waals surface area contributed by atoms with Crippen molar-refractivity contribution in [2.45, 2.75) is 45.3 Å². The molecule has 4 heteroatoms. The molecule has 0 aliphatic carbocycles. The van der Waals surface area contributed by atoms with E-state index in [1.807, 2.05) is 0 Å². The summed E-state index contributed by atoms with van der Waals surface area (Å²) in [5.41, 5.74) is -0.552. The topological polar surface area (TPSA) is 46.6 Å². The number of nitrogens with zero attached hydrogens (tertiary/aromatic N) is 1. The zero-order chi connectivity index (χ0) is 12.3. The maximum Gasteiger partial charge on any atom is 0.410 e. The molecule has 1 heterocycles. The fourth-order valence-electron chi connectivity index (χ4n) is 1.67. The lowest BCUT2D eigenvalue weighted by Crippen LogP contribution is -2.43. The van der Waals surface area contributed by atoms with Crippen molar-refractivity contribution < 1.29 is 14.3 Å². The van der Waals surface area contributed by atoms with Gasteiger partial charge in [-0.2, -0.15) is 0 Å². The van der Waals surface area contributed by atoms with Gasteiger partial charge in [-0.3, -0.25) is 9.69 Å². The van der Waals surface area contributed by atoms with Gasteiger partial charge < -0.3 is 4.74 Å². The lowest BCUT2D eigenvalue weighted by atomic mass is 10.1. The molecule has 0 spiro atoms. The first-order valence-electron chi connectivity index (χ1n) is 5.35. The monoisotopic (exact) mass is 223 g/mol. The molecule has 16 heavy (non-hydrogen) atoms. The molecule has 0 saturated carbocycles. The highest BCUT2D eigenvalue weighted by Gasteiger charge is 2.35. The fraction of sp³-hybridized carbons (Fsp3) is 0.667. The Morgan fingerprint density at radius 3 is 2.56 bits per heavy atom. The van der Waals surface area contributed by atoms with Crippen LogP contribution in [0.25, 0.3) is 0 Å². The standard InChI is InChI=1S/C12H17NO3/c1-5-10(14)9-7-6-8-13(9)11(15)16-12(2,3)4/h1,9H,6-8H2,2-4H3. The van der Waals surface area contributed by atoms with Gasteiger partial charge in [0.25, 0.3) is 0 Å². The molecular weight excluding hydrogens is 206 g/mol. The second-order valence-electron chi connectivity index (χ2n) is 4.84. The molecule has 1 aliphatic rings. The highest BCUT2D eigenvalue weighted by molar-refractivity contribution is 6.00. The van der Waals surface area contributed by atoms with Gasteiger partial charge in [0.2, 0.25) is 5.78 Å². The van der Waals surface area contributed by atoms with E-state index in [-0.39, 0.29) is 5.78 Å². The molecule has 1 unspecified atom stereocenters. The normalized spacial score (nSPS) is 20.4. The minimum absolute atomic E-state index is 0.344. The van der Waals surface area contributed by atoms with Crippen LogP contribution in [0.5, 0.6) is 0 Å². The quantitative estimate of drug-likeness (QED) is 0.501. The van der Waals surface area contributed by atoms with Gasteiger partial charge >= 0.3 is 6.09 Å². The predicted molar refractivity (Wildman–Crippen MR) is 59.8 cm³/mol. The number of likely N-dealkylation sites (tertiary alicyclic amines) is 1. The Morgan fingerprint density at radius 1 is 1.44 bits per heavy atom. The van der Waals surface area contributed by atoms with Crippen molar-refractivity contribution in [3.8, 4) is 12.3 Å². The Morgan fingerprint density at radius 2 is 2.06 bits per heavy atom. The number of hydrogen-bond acceptors (Lipinski definition) is 3. The van der Waals surface area contributed by atoms with Gasteiger partial charge in [-0.1, -0.05) is 0 Å². The summed E-state index contributed by atoms with van der Waals surface area (Å²) in [7, 11) is 0. The van der Waals surface area contributed by atoms with E-state index in [1.165, 1.54) is 4.90 Å². The van der Waals surface area contributed by atoms with Crippen molar-refractivity contribution in [2.75, 3.05) is 6.54 Å². The van der Waals surface area contributed by atoms with E-state index >= 15 is 0 Å². The molecule has 0 aromatic carbocycles. The average Bonchev–Trinajstić information content (AvgIpc) is 2.62. The molecule has 4 nitrogen and oxygen atoms in total. The summed E-state index contributed by atoms with van der Waals surface area (Å²) in [5, 5.41) is 0. The van der Waals surface area contributed by atoms with Gasteiger partial charge in [0.05, 0.1) is 0 Å². The maximum atomic E-state index is 11.8. The van der Waals surface area contributed by atoms with Crippen LogP contribution in [0.1, 0.15) is 33.6 Å². The van der Waals surface area contributed by atoms with Crippen molar-refractivity contribution >= 4 is 11.9 Å². The molecule has 0 aromatic rings. The minimum atomic E-state index is -0.552. The van der Waals surface area contributed by atoms with E-state index in [1.54, 1.807) is 20.8 Å². The summed E-state index contributed by atoms with van der Waals surface area (Å²) in [4.78, 5) is 24.6. The number of carbonyl (C=O) groups is 2. The van der Waals surface area contributed by atoms with Crippen LogP contribution in [0.15, 0.2) is 0 Å². The van der Waals surface area contributed by atoms with Crippen molar-refractivity contribution in [3.05, 3.63) is 0 Å². The summed E-state index contributed by atoms with van der Waals surface area (Å²) >= 11 is 0. The molecular formula is C12H17NO3. The van der Waals surface area contributed by atoms with Gasteiger partial charge in [-0.05, 0) is 39.5 Å². The summed E-state index contributed by atoms with van der Waals surface area (Å²) < 4.78 is 5.21. The maximum absolute atomic E-state index is 11.8. The van der Waals surface area contributed by atoms with Crippen LogP contribution in [0.2, 0.25) is 0 Å². The molecule has 0 radical (unpaired) electrons. The Balaban J connectivity index is 2.69. The smallest absolute Gasteiger partial charge is 0.410 e. The second-order valence-corrected chi connectivity index (χ2v) is 4.84. The Hall–Kier alpha value is -1.50. The van der Waals surface area contributed by atoms with E-state index < -0.39 is 17.7 Å². The SMILES string of the molecule is C#CC(=O)C1CCCN1C(=O)OC(C)(C)C. The van der Waals surface area contributed by atoms with Gasteiger partial charge in [0, 0.05) is 6.54 Å². The summed E-state index contributed by atoms with van der Waals surface area (Å²) in [6, 6.07) is -0.500. The molecule has 1 fully saturated rings. The third kappa shape index (κ3) is 2.99. The summed E-state index contributed by atoms with van der Waals surface area (Å²) in [6.45, 7) is 5.91. The molecule has 0 N–H and O–H groups in total.